The summed E-state index contributed by atoms with van der Waals surface area (Å²) >= 11 is 0. The fraction of sp³-hybridized carbons (Fsp3) is 0.923. The molecule has 0 aromatic carbocycles. The predicted octanol–water partition coefficient (Wildman–Crippen LogP) is 2.36. The zero-order valence-electron chi connectivity index (χ0n) is 11.1. The van der Waals surface area contributed by atoms with Crippen LogP contribution in [0, 0.1) is 10.8 Å². The second-order valence-electron chi connectivity index (χ2n) is 6.01. The number of esters is 1. The molecule has 0 spiro atoms. The minimum atomic E-state index is -0.252. The first kappa shape index (κ1) is 13.5. The Balaban J connectivity index is 2.39. The maximum atomic E-state index is 12.0. The molecule has 94 valence electrons. The van der Waals surface area contributed by atoms with Crippen molar-refractivity contribution in [2.45, 2.75) is 47.0 Å². The molecule has 1 atom stereocenters. The summed E-state index contributed by atoms with van der Waals surface area (Å²) in [6, 6.07) is 0. The summed E-state index contributed by atoms with van der Waals surface area (Å²) in [5.41, 5.74) is -0.0224. The molecule has 1 fully saturated rings. The van der Waals surface area contributed by atoms with Crippen LogP contribution in [0.1, 0.15) is 47.0 Å². The molecule has 0 bridgehead atoms. The van der Waals surface area contributed by atoms with E-state index in [9.17, 15) is 4.79 Å². The summed E-state index contributed by atoms with van der Waals surface area (Å²) in [5.74, 6) is -0.00995. The van der Waals surface area contributed by atoms with Crippen molar-refractivity contribution in [1.82, 2.24) is 5.32 Å². The molecule has 1 aliphatic heterocycles. The lowest BCUT2D eigenvalue weighted by molar-refractivity contribution is -0.155. The van der Waals surface area contributed by atoms with Crippen LogP contribution in [0.5, 0.6) is 0 Å². The Kier molecular flexibility index (Phi) is 4.36. The molecule has 0 aromatic rings. The predicted molar refractivity (Wildman–Crippen MR) is 65.2 cm³/mol. The molecule has 0 amide bonds. The van der Waals surface area contributed by atoms with E-state index in [-0.39, 0.29) is 16.8 Å². The highest BCUT2D eigenvalue weighted by Crippen LogP contribution is 2.31. The molecule has 1 unspecified atom stereocenters. The van der Waals surface area contributed by atoms with Gasteiger partial charge in [0.25, 0.3) is 0 Å². The average Bonchev–Trinajstić information content (AvgIpc) is 2.65. The van der Waals surface area contributed by atoms with Gasteiger partial charge in [-0.2, -0.15) is 0 Å². The third-order valence-corrected chi connectivity index (χ3v) is 3.44. The molecule has 3 heteroatoms. The van der Waals surface area contributed by atoms with Gasteiger partial charge in [0.1, 0.15) is 0 Å². The molecule has 16 heavy (non-hydrogen) atoms. The molecule has 1 N–H and O–H groups in total. The Morgan fingerprint density at radius 2 is 2.12 bits per heavy atom. The molecule has 0 aliphatic carbocycles. The van der Waals surface area contributed by atoms with Crippen molar-refractivity contribution >= 4 is 5.97 Å². The molecule has 1 rings (SSSR count). The van der Waals surface area contributed by atoms with Gasteiger partial charge in [-0.05, 0) is 31.2 Å². The number of hydrogen-bond acceptors (Lipinski definition) is 3. The highest BCUT2D eigenvalue weighted by Gasteiger charge is 2.40. The van der Waals surface area contributed by atoms with Gasteiger partial charge in [-0.15, -0.1) is 0 Å². The minimum absolute atomic E-state index is 0.00995. The van der Waals surface area contributed by atoms with Crippen LogP contribution in [0.15, 0.2) is 0 Å². The smallest absolute Gasteiger partial charge is 0.313 e. The summed E-state index contributed by atoms with van der Waals surface area (Å²) < 4.78 is 5.42. The van der Waals surface area contributed by atoms with E-state index in [1.165, 1.54) is 0 Å². The zero-order valence-corrected chi connectivity index (χ0v) is 11.1. The molecular weight excluding hydrogens is 202 g/mol. The van der Waals surface area contributed by atoms with Crippen LogP contribution in [0.2, 0.25) is 0 Å². The Morgan fingerprint density at radius 1 is 1.44 bits per heavy atom. The molecule has 0 saturated carbocycles. The fourth-order valence-corrected chi connectivity index (χ4v) is 1.97. The van der Waals surface area contributed by atoms with E-state index < -0.39 is 0 Å². The second kappa shape index (κ2) is 5.17. The third kappa shape index (κ3) is 3.48. The van der Waals surface area contributed by atoms with Crippen molar-refractivity contribution in [2.75, 3.05) is 19.7 Å². The van der Waals surface area contributed by atoms with E-state index in [1.54, 1.807) is 0 Å². The number of hydrogen-bond donors (Lipinski definition) is 1. The lowest BCUT2D eigenvalue weighted by atomic mass is 9.84. The van der Waals surface area contributed by atoms with Crippen molar-refractivity contribution in [1.29, 1.82) is 0 Å². The standard InChI is InChI=1S/C13H25NO2/c1-5-13(6-8-14-10-13)11(15)16-9-7-12(2,3)4/h14H,5-10H2,1-4H3. The first-order valence-corrected chi connectivity index (χ1v) is 6.28. The summed E-state index contributed by atoms with van der Waals surface area (Å²) in [5, 5.41) is 3.25. The maximum absolute atomic E-state index is 12.0. The molecule has 1 aliphatic rings. The van der Waals surface area contributed by atoms with E-state index in [0.29, 0.717) is 6.61 Å². The van der Waals surface area contributed by atoms with Gasteiger partial charge >= 0.3 is 5.97 Å². The minimum Gasteiger partial charge on any atom is -0.465 e. The van der Waals surface area contributed by atoms with Gasteiger partial charge in [-0.1, -0.05) is 27.7 Å². The largest absolute Gasteiger partial charge is 0.465 e. The van der Waals surface area contributed by atoms with Crippen molar-refractivity contribution < 1.29 is 9.53 Å². The van der Waals surface area contributed by atoms with Crippen molar-refractivity contribution in [2.24, 2.45) is 10.8 Å². The van der Waals surface area contributed by atoms with Gasteiger partial charge in [-0.3, -0.25) is 4.79 Å². The SMILES string of the molecule is CCC1(C(=O)OCCC(C)(C)C)CCNC1. The Bertz CT molecular complexity index is 237. The van der Waals surface area contributed by atoms with Crippen molar-refractivity contribution in [3.8, 4) is 0 Å². The normalized spacial score (nSPS) is 25.8. The number of nitrogens with one attached hydrogen (secondary N) is 1. The van der Waals surface area contributed by atoms with Gasteiger partial charge in [0.15, 0.2) is 0 Å². The molecular formula is C13H25NO2. The van der Waals surface area contributed by atoms with E-state index >= 15 is 0 Å². The van der Waals surface area contributed by atoms with Crippen molar-refractivity contribution in [3.05, 3.63) is 0 Å². The van der Waals surface area contributed by atoms with Crippen LogP contribution in [-0.4, -0.2) is 25.7 Å². The van der Waals surface area contributed by atoms with Gasteiger partial charge < -0.3 is 10.1 Å². The Hall–Kier alpha value is -0.570. The summed E-state index contributed by atoms with van der Waals surface area (Å²) in [4.78, 5) is 12.0. The molecule has 0 aromatic heterocycles. The molecule has 0 radical (unpaired) electrons. The first-order valence-electron chi connectivity index (χ1n) is 6.28. The monoisotopic (exact) mass is 227 g/mol. The number of carbonyl (C=O) groups is 1. The van der Waals surface area contributed by atoms with Crippen LogP contribution >= 0.6 is 0 Å². The number of carbonyl (C=O) groups excluding carboxylic acids is 1. The fourth-order valence-electron chi connectivity index (χ4n) is 1.97. The summed E-state index contributed by atoms with van der Waals surface area (Å²) in [7, 11) is 0. The van der Waals surface area contributed by atoms with Crippen LogP contribution < -0.4 is 5.32 Å². The second-order valence-corrected chi connectivity index (χ2v) is 6.01. The van der Waals surface area contributed by atoms with Crippen LogP contribution in [-0.2, 0) is 9.53 Å². The molecule has 1 saturated heterocycles. The molecule has 1 heterocycles. The Labute approximate surface area is 98.9 Å². The number of ether oxygens (including phenoxy) is 1. The van der Waals surface area contributed by atoms with E-state index in [1.807, 2.05) is 0 Å². The highest BCUT2D eigenvalue weighted by atomic mass is 16.5. The third-order valence-electron chi connectivity index (χ3n) is 3.44. The van der Waals surface area contributed by atoms with Gasteiger partial charge in [0, 0.05) is 6.54 Å². The maximum Gasteiger partial charge on any atom is 0.313 e. The van der Waals surface area contributed by atoms with Crippen LogP contribution in [0.3, 0.4) is 0 Å². The molecule has 3 nitrogen and oxygen atoms in total. The lowest BCUT2D eigenvalue weighted by Gasteiger charge is -2.25. The number of rotatable bonds is 4. The first-order chi connectivity index (χ1) is 7.40. The quantitative estimate of drug-likeness (QED) is 0.749. The summed E-state index contributed by atoms with van der Waals surface area (Å²) in [6.45, 7) is 10.8. The van der Waals surface area contributed by atoms with Gasteiger partial charge in [0.2, 0.25) is 0 Å². The summed E-state index contributed by atoms with van der Waals surface area (Å²) in [6.07, 6.45) is 2.71. The topological polar surface area (TPSA) is 38.3 Å². The van der Waals surface area contributed by atoms with Crippen molar-refractivity contribution in [3.63, 3.8) is 0 Å². The highest BCUT2D eigenvalue weighted by molar-refractivity contribution is 5.77. The van der Waals surface area contributed by atoms with Crippen LogP contribution in [0.4, 0.5) is 0 Å². The zero-order chi connectivity index (χ0) is 12.2. The van der Waals surface area contributed by atoms with E-state index in [2.05, 4.69) is 33.0 Å². The van der Waals surface area contributed by atoms with E-state index in [0.717, 1.165) is 32.4 Å². The lowest BCUT2D eigenvalue weighted by Crippen LogP contribution is -2.35. The van der Waals surface area contributed by atoms with Gasteiger partial charge in [-0.25, -0.2) is 0 Å². The van der Waals surface area contributed by atoms with E-state index in [4.69, 9.17) is 4.74 Å². The van der Waals surface area contributed by atoms with Crippen LogP contribution in [0.25, 0.3) is 0 Å². The average molecular weight is 227 g/mol. The van der Waals surface area contributed by atoms with Gasteiger partial charge in [0.05, 0.1) is 12.0 Å². The Morgan fingerprint density at radius 3 is 2.56 bits per heavy atom.